The summed E-state index contributed by atoms with van der Waals surface area (Å²) in [5.74, 6) is 1.61. The average molecular weight is 411 g/mol. The number of carbonyl (C=O) groups excluding carboxylic acids is 1. The van der Waals surface area contributed by atoms with Crippen LogP contribution in [-0.4, -0.2) is 48.7 Å². The van der Waals surface area contributed by atoms with Crippen molar-refractivity contribution in [2.24, 2.45) is 0 Å². The summed E-state index contributed by atoms with van der Waals surface area (Å²) in [4.78, 5) is 25.7. The van der Waals surface area contributed by atoms with Crippen molar-refractivity contribution < 1.29 is 4.79 Å². The Morgan fingerprint density at radius 1 is 1.13 bits per heavy atom. The molecular weight excluding hydrogens is 376 g/mol. The van der Waals surface area contributed by atoms with E-state index in [1.54, 1.807) is 4.90 Å². The van der Waals surface area contributed by atoms with E-state index in [2.05, 4.69) is 20.6 Å². The summed E-state index contributed by atoms with van der Waals surface area (Å²) in [6.45, 7) is 6.71. The molecule has 1 heterocycles. The van der Waals surface area contributed by atoms with E-state index >= 15 is 0 Å². The summed E-state index contributed by atoms with van der Waals surface area (Å²) in [6.07, 6.45) is 5.72. The van der Waals surface area contributed by atoms with Crippen LogP contribution in [0.2, 0.25) is 0 Å². The third-order valence-electron chi connectivity index (χ3n) is 5.63. The van der Waals surface area contributed by atoms with Gasteiger partial charge in [-0.2, -0.15) is 4.98 Å². The first-order chi connectivity index (χ1) is 14.4. The Hall–Kier alpha value is -2.83. The molecule has 162 valence electrons. The number of rotatable bonds is 6. The van der Waals surface area contributed by atoms with Crippen LogP contribution in [0.5, 0.6) is 0 Å². The molecule has 2 N–H and O–H groups in total. The van der Waals surface area contributed by atoms with Gasteiger partial charge in [0.05, 0.1) is 0 Å². The van der Waals surface area contributed by atoms with Gasteiger partial charge in [0.15, 0.2) is 0 Å². The van der Waals surface area contributed by atoms with Crippen molar-refractivity contribution in [2.45, 2.75) is 58.5 Å². The fourth-order valence-corrected chi connectivity index (χ4v) is 4.01. The Morgan fingerprint density at radius 3 is 2.47 bits per heavy atom. The third-order valence-corrected chi connectivity index (χ3v) is 5.63. The number of hydrogen-bond donors (Lipinski definition) is 2. The summed E-state index contributed by atoms with van der Waals surface area (Å²) >= 11 is 0. The Balaban J connectivity index is 1.53. The molecule has 1 aliphatic carbocycles. The fourth-order valence-electron chi connectivity index (χ4n) is 4.01. The van der Waals surface area contributed by atoms with Crippen LogP contribution < -0.4 is 20.4 Å². The van der Waals surface area contributed by atoms with Gasteiger partial charge < -0.3 is 15.5 Å². The highest BCUT2D eigenvalue weighted by molar-refractivity contribution is 5.92. The Kier molecular flexibility index (Phi) is 7.13. The fraction of sp³-hybridized carbons (Fsp3) is 0.522. The molecule has 7 heteroatoms. The monoisotopic (exact) mass is 410 g/mol. The molecule has 0 bridgehead atoms. The number of benzene rings is 1. The first kappa shape index (κ1) is 21.9. The average Bonchev–Trinajstić information content (AvgIpc) is 2.71. The Labute approximate surface area is 179 Å². The number of anilines is 3. The van der Waals surface area contributed by atoms with Crippen molar-refractivity contribution in [1.29, 1.82) is 0 Å². The number of hydrogen-bond acceptors (Lipinski definition) is 5. The third kappa shape index (κ3) is 5.40. The van der Waals surface area contributed by atoms with Crippen molar-refractivity contribution in [3.05, 3.63) is 41.6 Å². The van der Waals surface area contributed by atoms with Crippen LogP contribution in [0.3, 0.4) is 0 Å². The van der Waals surface area contributed by atoms with Gasteiger partial charge in [-0.1, -0.05) is 12.1 Å². The van der Waals surface area contributed by atoms with E-state index in [1.807, 2.05) is 70.2 Å². The zero-order valence-corrected chi connectivity index (χ0v) is 18.8. The van der Waals surface area contributed by atoms with Crippen molar-refractivity contribution in [3.8, 4) is 0 Å². The van der Waals surface area contributed by atoms with Crippen molar-refractivity contribution in [2.75, 3.05) is 35.8 Å². The minimum atomic E-state index is -0.0167. The molecule has 0 saturated heterocycles. The summed E-state index contributed by atoms with van der Waals surface area (Å²) < 4.78 is 0. The minimum Gasteiger partial charge on any atom is -0.362 e. The predicted molar refractivity (Wildman–Crippen MR) is 123 cm³/mol. The van der Waals surface area contributed by atoms with Crippen molar-refractivity contribution in [1.82, 2.24) is 15.3 Å². The number of aromatic nitrogens is 2. The molecule has 0 radical (unpaired) electrons. The van der Waals surface area contributed by atoms with Crippen LogP contribution in [0, 0.1) is 13.8 Å². The molecule has 1 aromatic heterocycles. The molecule has 0 atom stereocenters. The number of aryl methyl sites for hydroxylation is 2. The van der Waals surface area contributed by atoms with Crippen LogP contribution in [0.25, 0.3) is 0 Å². The number of nitrogens with one attached hydrogen (secondary N) is 2. The van der Waals surface area contributed by atoms with Crippen LogP contribution >= 0.6 is 0 Å². The smallest absolute Gasteiger partial charge is 0.322 e. The molecule has 1 saturated carbocycles. The normalized spacial score (nSPS) is 18.6. The lowest BCUT2D eigenvalue weighted by Crippen LogP contribution is -2.47. The molecule has 0 spiro atoms. The van der Waals surface area contributed by atoms with Crippen molar-refractivity contribution >= 4 is 23.5 Å². The summed E-state index contributed by atoms with van der Waals surface area (Å²) in [6, 6.07) is 8.58. The van der Waals surface area contributed by atoms with E-state index in [4.69, 9.17) is 0 Å². The second kappa shape index (κ2) is 9.78. The van der Waals surface area contributed by atoms with E-state index in [-0.39, 0.29) is 12.1 Å². The second-order valence-corrected chi connectivity index (χ2v) is 8.32. The maximum absolute atomic E-state index is 12.8. The van der Waals surface area contributed by atoms with E-state index in [9.17, 15) is 4.79 Å². The summed E-state index contributed by atoms with van der Waals surface area (Å²) in [5, 5.41) is 6.70. The van der Waals surface area contributed by atoms with Crippen molar-refractivity contribution in [3.63, 3.8) is 0 Å². The molecule has 1 aliphatic rings. The largest absolute Gasteiger partial charge is 0.362 e. The molecule has 2 amide bonds. The SMILES string of the molecule is CCN(C(=O)NC1CCC(Nc2ncc(C)c(N(C)C)n2)CC1)c1cccc(C)c1. The highest BCUT2D eigenvalue weighted by Gasteiger charge is 2.25. The van der Waals surface area contributed by atoms with Crippen LogP contribution in [0.1, 0.15) is 43.7 Å². The highest BCUT2D eigenvalue weighted by Crippen LogP contribution is 2.23. The summed E-state index contributed by atoms with van der Waals surface area (Å²) in [7, 11) is 3.98. The lowest BCUT2D eigenvalue weighted by atomic mass is 9.91. The highest BCUT2D eigenvalue weighted by atomic mass is 16.2. The van der Waals surface area contributed by atoms with Gasteiger partial charge in [0.2, 0.25) is 5.95 Å². The maximum atomic E-state index is 12.8. The lowest BCUT2D eigenvalue weighted by Gasteiger charge is -2.31. The topological polar surface area (TPSA) is 73.4 Å². The zero-order valence-electron chi connectivity index (χ0n) is 18.8. The number of amides is 2. The molecule has 1 aromatic carbocycles. The first-order valence-electron chi connectivity index (χ1n) is 10.8. The van der Waals surface area contributed by atoms with Crippen LogP contribution in [0.15, 0.2) is 30.5 Å². The minimum absolute atomic E-state index is 0.0167. The van der Waals surface area contributed by atoms with E-state index in [0.717, 1.165) is 48.3 Å². The van der Waals surface area contributed by atoms with E-state index in [1.165, 1.54) is 0 Å². The standard InChI is InChI=1S/C23H34N6O/c1-6-29(20-9-7-8-16(2)14-20)23(30)26-19-12-10-18(11-13-19)25-22-24-15-17(3)21(27-22)28(4)5/h7-9,14-15,18-19H,6,10-13H2,1-5H3,(H,26,30)(H,24,25,27). The van der Waals surface area contributed by atoms with Gasteiger partial charge in [0, 0.05) is 50.2 Å². The Morgan fingerprint density at radius 2 is 1.83 bits per heavy atom. The molecule has 30 heavy (non-hydrogen) atoms. The van der Waals surface area contributed by atoms with Gasteiger partial charge >= 0.3 is 6.03 Å². The molecule has 0 unspecified atom stereocenters. The van der Waals surface area contributed by atoms with Gasteiger partial charge in [-0.3, -0.25) is 4.90 Å². The van der Waals surface area contributed by atoms with Gasteiger partial charge in [-0.15, -0.1) is 0 Å². The number of urea groups is 1. The van der Waals surface area contributed by atoms with Crippen LogP contribution in [-0.2, 0) is 0 Å². The van der Waals surface area contributed by atoms with Gasteiger partial charge in [-0.25, -0.2) is 9.78 Å². The van der Waals surface area contributed by atoms with Gasteiger partial charge in [0.25, 0.3) is 0 Å². The molecule has 1 fully saturated rings. The zero-order chi connectivity index (χ0) is 21.7. The van der Waals surface area contributed by atoms with E-state index in [0.29, 0.717) is 18.5 Å². The van der Waals surface area contributed by atoms with E-state index < -0.39 is 0 Å². The predicted octanol–water partition coefficient (Wildman–Crippen LogP) is 4.12. The second-order valence-electron chi connectivity index (χ2n) is 8.32. The molecule has 2 aromatic rings. The first-order valence-corrected chi connectivity index (χ1v) is 10.8. The van der Waals surface area contributed by atoms with Gasteiger partial charge in [-0.05, 0) is 64.2 Å². The lowest BCUT2D eigenvalue weighted by molar-refractivity contribution is 0.237. The Bertz CT molecular complexity index is 861. The number of nitrogens with zero attached hydrogens (tertiary/aromatic N) is 4. The summed E-state index contributed by atoms with van der Waals surface area (Å²) in [5.41, 5.74) is 3.16. The molecule has 0 aliphatic heterocycles. The van der Waals surface area contributed by atoms with Crippen LogP contribution in [0.4, 0.5) is 22.2 Å². The molecule has 7 nitrogen and oxygen atoms in total. The number of carbonyl (C=O) groups is 1. The quantitative estimate of drug-likeness (QED) is 0.749. The molecular formula is C23H34N6O. The maximum Gasteiger partial charge on any atom is 0.322 e. The molecule has 3 rings (SSSR count). The van der Waals surface area contributed by atoms with Gasteiger partial charge in [0.1, 0.15) is 5.82 Å².